The van der Waals surface area contributed by atoms with Crippen molar-refractivity contribution in [3.05, 3.63) is 12.2 Å². The van der Waals surface area contributed by atoms with Crippen LogP contribution in [0.2, 0.25) is 0 Å². The van der Waals surface area contributed by atoms with E-state index in [2.05, 4.69) is 32.9 Å². The quantitative estimate of drug-likeness (QED) is 0.118. The van der Waals surface area contributed by atoms with E-state index in [4.69, 9.17) is 18.9 Å². The fourth-order valence-corrected chi connectivity index (χ4v) is 12.1. The zero-order valence-electron chi connectivity index (χ0n) is 30.7. The minimum absolute atomic E-state index is 0.0160. The summed E-state index contributed by atoms with van der Waals surface area (Å²) in [6, 6.07) is 0. The van der Waals surface area contributed by atoms with Gasteiger partial charge in [-0.05, 0) is 117 Å². The van der Waals surface area contributed by atoms with Crippen LogP contribution in [0.25, 0.3) is 0 Å². The highest BCUT2D eigenvalue weighted by atomic mass is 16.8. The Bertz CT molecular complexity index is 1300. The van der Waals surface area contributed by atoms with Gasteiger partial charge in [0, 0.05) is 0 Å². The molecule has 0 aromatic heterocycles. The zero-order valence-corrected chi connectivity index (χ0v) is 30.7. The van der Waals surface area contributed by atoms with Gasteiger partial charge in [-0.15, -0.1) is 0 Å². The van der Waals surface area contributed by atoms with Crippen LogP contribution >= 0.6 is 0 Å². The van der Waals surface area contributed by atoms with Gasteiger partial charge in [-0.3, -0.25) is 4.79 Å². The summed E-state index contributed by atoms with van der Waals surface area (Å²) in [4.78, 5) is 13.3. The highest BCUT2D eigenvalue weighted by Crippen LogP contribution is 2.68. The largest absolute Gasteiger partial charge is 0.481 e. The SMILES string of the molecule is CC(/C=C/[C@H]1C[C@@H]1C)C1CC[C@H]2[C@@H]3CC[C@H]4C[C@@H](O[C@@H]5OC(CO)[C@H](O)[C@H](O)C5O[C@@H]5OC(CO)[C@@H](O)[C@H](O)C5O)CC[C@]4(C)[C@H]3CC[C@]12C(=O)O. The van der Waals surface area contributed by atoms with Crippen LogP contribution in [-0.2, 0) is 23.7 Å². The molecule has 2 heterocycles. The minimum atomic E-state index is -1.74. The first kappa shape index (κ1) is 39.0. The lowest BCUT2D eigenvalue weighted by molar-refractivity contribution is -0.373. The summed E-state index contributed by atoms with van der Waals surface area (Å²) >= 11 is 0. The second kappa shape index (κ2) is 15.0. The van der Waals surface area contributed by atoms with Crippen LogP contribution < -0.4 is 0 Å². The Balaban J connectivity index is 1.04. The molecule has 7 rings (SSSR count). The first-order valence-electron chi connectivity index (χ1n) is 19.9. The van der Waals surface area contributed by atoms with E-state index in [1.54, 1.807) is 0 Å². The van der Waals surface area contributed by atoms with E-state index in [0.717, 1.165) is 44.4 Å². The average Bonchev–Trinajstić information content (AvgIpc) is 3.68. The van der Waals surface area contributed by atoms with Gasteiger partial charge in [0.2, 0.25) is 0 Å². The number of hydrogen-bond acceptors (Lipinski definition) is 12. The number of rotatable bonds is 10. The molecule has 0 aromatic rings. The van der Waals surface area contributed by atoms with Gasteiger partial charge in [-0.2, -0.15) is 0 Å². The molecule has 2 saturated heterocycles. The molecule has 5 aliphatic carbocycles. The summed E-state index contributed by atoms with van der Waals surface area (Å²) in [5.41, 5.74) is -0.658. The van der Waals surface area contributed by atoms with Crippen molar-refractivity contribution in [2.75, 3.05) is 13.2 Å². The van der Waals surface area contributed by atoms with Crippen molar-refractivity contribution < 1.29 is 64.6 Å². The van der Waals surface area contributed by atoms with Gasteiger partial charge in [-0.25, -0.2) is 0 Å². The number of aliphatic hydroxyl groups is 7. The highest BCUT2D eigenvalue weighted by molar-refractivity contribution is 5.76. The molecule has 0 radical (unpaired) electrons. The van der Waals surface area contributed by atoms with Crippen LogP contribution in [0.1, 0.15) is 85.0 Å². The third kappa shape index (κ3) is 6.61. The maximum absolute atomic E-state index is 13.3. The molecule has 13 heteroatoms. The molecular weight excluding hydrogens is 676 g/mol. The third-order valence-corrected chi connectivity index (χ3v) is 15.4. The lowest BCUT2D eigenvalue weighted by Gasteiger charge is -2.61. The number of hydrogen-bond donors (Lipinski definition) is 8. The molecule has 0 bridgehead atoms. The number of aliphatic hydroxyl groups excluding tert-OH is 7. The number of aliphatic carboxylic acids is 1. The lowest BCUT2D eigenvalue weighted by Crippen LogP contribution is -2.65. The maximum Gasteiger partial charge on any atom is 0.310 e. The molecule has 7 fully saturated rings. The van der Waals surface area contributed by atoms with E-state index in [1.807, 2.05) is 0 Å². The van der Waals surface area contributed by atoms with Crippen molar-refractivity contribution in [2.24, 2.45) is 58.2 Å². The molecule has 52 heavy (non-hydrogen) atoms. The van der Waals surface area contributed by atoms with Crippen LogP contribution in [0, 0.1) is 58.2 Å². The normalized spacial score (nSPS) is 53.9. The Hall–Kier alpha value is -1.23. The molecule has 0 spiro atoms. The van der Waals surface area contributed by atoms with E-state index in [1.165, 1.54) is 6.42 Å². The molecule has 5 saturated carbocycles. The fourth-order valence-electron chi connectivity index (χ4n) is 12.1. The van der Waals surface area contributed by atoms with Gasteiger partial charge in [0.15, 0.2) is 12.6 Å². The number of carboxylic acids is 1. The maximum atomic E-state index is 13.3. The van der Waals surface area contributed by atoms with Crippen molar-refractivity contribution in [2.45, 2.75) is 152 Å². The standard InChI is InChI=1S/C39H62O13/c1-18(4-5-20-14-19(20)2)24-8-9-26-23-7-6-21-15-22(10-12-38(21,3)25(23)11-13-39(24,26)37(47)48)49-36-34(32(45)30(43)28(17-41)51-36)52-35-33(46)31(44)29(42)27(16-40)50-35/h4-5,18-36,40-46H,6-17H2,1-3H3,(H,47,48)/b5-4+/t18?,19-,20-,21-,22-,23+,24?,25-,26-,27?,28?,29+,30-,31-,32-,33?,34?,35-,36+,38-,39-/m0/s1. The van der Waals surface area contributed by atoms with Crippen LogP contribution in [0.3, 0.4) is 0 Å². The topological polar surface area (TPSA) is 216 Å². The first-order chi connectivity index (χ1) is 24.7. The van der Waals surface area contributed by atoms with Crippen molar-refractivity contribution >= 4 is 5.97 Å². The minimum Gasteiger partial charge on any atom is -0.481 e. The van der Waals surface area contributed by atoms with E-state index in [0.29, 0.717) is 42.9 Å². The van der Waals surface area contributed by atoms with Gasteiger partial charge in [0.1, 0.15) is 48.8 Å². The van der Waals surface area contributed by atoms with Crippen LogP contribution in [0.5, 0.6) is 0 Å². The Morgan fingerprint density at radius 1 is 0.808 bits per heavy atom. The first-order valence-corrected chi connectivity index (χ1v) is 19.9. The molecule has 0 amide bonds. The summed E-state index contributed by atoms with van der Waals surface area (Å²) in [5.74, 6) is 2.45. The van der Waals surface area contributed by atoms with Gasteiger partial charge in [0.25, 0.3) is 0 Å². The van der Waals surface area contributed by atoms with E-state index >= 15 is 0 Å². The number of fused-ring (bicyclic) bond motifs is 5. The summed E-state index contributed by atoms with van der Waals surface area (Å²) < 4.78 is 23.9. The average molecular weight is 739 g/mol. The van der Waals surface area contributed by atoms with Gasteiger partial charge in [-0.1, -0.05) is 32.9 Å². The van der Waals surface area contributed by atoms with Crippen molar-refractivity contribution in [3.8, 4) is 0 Å². The van der Waals surface area contributed by atoms with E-state index in [-0.39, 0.29) is 29.3 Å². The number of carboxylic acid groups (broad SMARTS) is 1. The number of carbonyl (C=O) groups is 1. The molecule has 8 N–H and O–H groups in total. The smallest absolute Gasteiger partial charge is 0.310 e. The summed E-state index contributed by atoms with van der Waals surface area (Å²) in [6.45, 7) is 5.63. The van der Waals surface area contributed by atoms with Crippen LogP contribution in [0.4, 0.5) is 0 Å². The van der Waals surface area contributed by atoms with Crippen molar-refractivity contribution in [1.29, 1.82) is 0 Å². The Labute approximate surface area is 306 Å². The van der Waals surface area contributed by atoms with Crippen molar-refractivity contribution in [3.63, 3.8) is 0 Å². The Morgan fingerprint density at radius 2 is 1.48 bits per heavy atom. The Morgan fingerprint density at radius 3 is 2.13 bits per heavy atom. The number of allylic oxidation sites excluding steroid dienone is 2. The number of ether oxygens (including phenoxy) is 4. The third-order valence-electron chi connectivity index (χ3n) is 15.4. The second-order valence-corrected chi connectivity index (χ2v) is 17.9. The molecule has 6 unspecified atom stereocenters. The highest BCUT2D eigenvalue weighted by Gasteiger charge is 2.65. The van der Waals surface area contributed by atoms with Gasteiger partial charge < -0.3 is 59.8 Å². The van der Waals surface area contributed by atoms with Crippen molar-refractivity contribution in [1.82, 2.24) is 0 Å². The monoisotopic (exact) mass is 738 g/mol. The predicted octanol–water partition coefficient (Wildman–Crippen LogP) is 1.57. The van der Waals surface area contributed by atoms with E-state index in [9.17, 15) is 45.6 Å². The van der Waals surface area contributed by atoms with E-state index < -0.39 is 86.0 Å². The summed E-state index contributed by atoms with van der Waals surface area (Å²) in [7, 11) is 0. The molecule has 7 aliphatic rings. The fraction of sp³-hybridized carbons (Fsp3) is 0.923. The molecular formula is C39H62O13. The predicted molar refractivity (Wildman–Crippen MR) is 184 cm³/mol. The van der Waals surface area contributed by atoms with Gasteiger partial charge >= 0.3 is 5.97 Å². The molecule has 296 valence electrons. The zero-order chi connectivity index (χ0) is 37.3. The van der Waals surface area contributed by atoms with Crippen LogP contribution in [0.15, 0.2) is 12.2 Å². The molecule has 21 atom stereocenters. The summed E-state index contributed by atoms with van der Waals surface area (Å²) in [5, 5.41) is 83.4. The van der Waals surface area contributed by atoms with Crippen LogP contribution in [-0.4, -0.2) is 128 Å². The molecule has 2 aliphatic heterocycles. The molecule has 13 nitrogen and oxygen atoms in total. The Kier molecular flexibility index (Phi) is 11.3. The van der Waals surface area contributed by atoms with Gasteiger partial charge in [0.05, 0.1) is 24.7 Å². The lowest BCUT2D eigenvalue weighted by atomic mass is 9.44. The molecule has 0 aromatic carbocycles. The summed E-state index contributed by atoms with van der Waals surface area (Å²) in [6.07, 6.45) is -1.52. The second-order valence-electron chi connectivity index (χ2n) is 17.9.